The molecule has 30 heavy (non-hydrogen) atoms. The SMILES string of the molecule is CC(C)[C@@H](NC(=O)c1ccc(Cl)cc1)C(=O)N1CCC(C(=O)c2ccccc2)CC1. The molecule has 2 aromatic carbocycles. The highest BCUT2D eigenvalue weighted by molar-refractivity contribution is 6.30. The number of nitrogens with zero attached hydrogens (tertiary/aromatic N) is 1. The van der Waals surface area contributed by atoms with Crippen LogP contribution in [0.1, 0.15) is 47.4 Å². The van der Waals surface area contributed by atoms with Crippen LogP contribution in [0.15, 0.2) is 54.6 Å². The van der Waals surface area contributed by atoms with Crippen LogP contribution in [0.5, 0.6) is 0 Å². The molecule has 5 nitrogen and oxygen atoms in total. The molecular weight excluding hydrogens is 400 g/mol. The highest BCUT2D eigenvalue weighted by atomic mass is 35.5. The lowest BCUT2D eigenvalue weighted by molar-refractivity contribution is -0.135. The molecular formula is C24H27ClN2O3. The second kappa shape index (κ2) is 9.90. The third-order valence-electron chi connectivity index (χ3n) is 5.56. The van der Waals surface area contributed by atoms with Gasteiger partial charge in [0.2, 0.25) is 5.91 Å². The summed E-state index contributed by atoms with van der Waals surface area (Å²) in [6.07, 6.45) is 1.27. The Kier molecular flexibility index (Phi) is 7.27. The van der Waals surface area contributed by atoms with Crippen molar-refractivity contribution < 1.29 is 14.4 Å². The van der Waals surface area contributed by atoms with Crippen LogP contribution in [-0.2, 0) is 4.79 Å². The summed E-state index contributed by atoms with van der Waals surface area (Å²) < 4.78 is 0. The zero-order valence-electron chi connectivity index (χ0n) is 17.3. The van der Waals surface area contributed by atoms with Gasteiger partial charge < -0.3 is 10.2 Å². The average Bonchev–Trinajstić information content (AvgIpc) is 2.77. The summed E-state index contributed by atoms with van der Waals surface area (Å²) in [5.74, 6) is -0.389. The largest absolute Gasteiger partial charge is 0.341 e. The molecule has 0 unspecified atom stereocenters. The van der Waals surface area contributed by atoms with Gasteiger partial charge in [0.1, 0.15) is 6.04 Å². The highest BCUT2D eigenvalue weighted by Gasteiger charge is 2.33. The number of likely N-dealkylation sites (tertiary alicyclic amines) is 1. The molecule has 158 valence electrons. The molecule has 0 bridgehead atoms. The number of carbonyl (C=O) groups excluding carboxylic acids is 3. The quantitative estimate of drug-likeness (QED) is 0.703. The van der Waals surface area contributed by atoms with Crippen molar-refractivity contribution in [1.29, 1.82) is 0 Å². The van der Waals surface area contributed by atoms with Crippen molar-refractivity contribution in [3.05, 3.63) is 70.7 Å². The number of carbonyl (C=O) groups is 3. The van der Waals surface area contributed by atoms with Gasteiger partial charge in [-0.3, -0.25) is 14.4 Å². The minimum atomic E-state index is -0.616. The lowest BCUT2D eigenvalue weighted by atomic mass is 9.88. The first-order chi connectivity index (χ1) is 14.4. The summed E-state index contributed by atoms with van der Waals surface area (Å²) in [7, 11) is 0. The van der Waals surface area contributed by atoms with Crippen molar-refractivity contribution in [2.75, 3.05) is 13.1 Å². The molecule has 1 aliphatic heterocycles. The molecule has 1 heterocycles. The molecule has 3 rings (SSSR count). The summed E-state index contributed by atoms with van der Waals surface area (Å²) in [4.78, 5) is 40.1. The Labute approximate surface area is 182 Å². The average molecular weight is 427 g/mol. The van der Waals surface area contributed by atoms with Gasteiger partial charge in [0.15, 0.2) is 5.78 Å². The molecule has 1 atom stereocenters. The van der Waals surface area contributed by atoms with Crippen LogP contribution in [-0.4, -0.2) is 41.6 Å². The third kappa shape index (κ3) is 5.28. The van der Waals surface area contributed by atoms with Crippen molar-refractivity contribution in [2.45, 2.75) is 32.7 Å². The van der Waals surface area contributed by atoms with E-state index in [0.717, 1.165) is 5.56 Å². The molecule has 0 spiro atoms. The van der Waals surface area contributed by atoms with E-state index in [0.29, 0.717) is 36.5 Å². The molecule has 0 aromatic heterocycles. The van der Waals surface area contributed by atoms with Gasteiger partial charge in [0, 0.05) is 35.2 Å². The Bertz CT molecular complexity index is 888. The summed E-state index contributed by atoms with van der Waals surface area (Å²) in [5, 5.41) is 3.42. The van der Waals surface area contributed by atoms with Gasteiger partial charge >= 0.3 is 0 Å². The number of rotatable bonds is 6. The van der Waals surface area contributed by atoms with E-state index in [1.807, 2.05) is 44.2 Å². The van der Waals surface area contributed by atoms with Gasteiger partial charge in [-0.25, -0.2) is 0 Å². The number of piperidine rings is 1. The lowest BCUT2D eigenvalue weighted by Gasteiger charge is -2.35. The van der Waals surface area contributed by atoms with E-state index in [9.17, 15) is 14.4 Å². The smallest absolute Gasteiger partial charge is 0.251 e. The first kappa shape index (κ1) is 22.0. The number of nitrogens with one attached hydrogen (secondary N) is 1. The molecule has 1 aliphatic rings. The molecule has 2 aromatic rings. The molecule has 1 fully saturated rings. The first-order valence-electron chi connectivity index (χ1n) is 10.3. The number of hydrogen-bond donors (Lipinski definition) is 1. The molecule has 0 radical (unpaired) electrons. The number of amides is 2. The van der Waals surface area contributed by atoms with Crippen molar-refractivity contribution >= 4 is 29.2 Å². The van der Waals surface area contributed by atoms with Crippen molar-refractivity contribution in [2.24, 2.45) is 11.8 Å². The normalized spacial score (nSPS) is 15.7. The molecule has 1 saturated heterocycles. The number of halogens is 1. The molecule has 0 aliphatic carbocycles. The zero-order chi connectivity index (χ0) is 21.7. The van der Waals surface area contributed by atoms with E-state index < -0.39 is 6.04 Å². The minimum absolute atomic E-state index is 0.0579. The number of hydrogen-bond acceptors (Lipinski definition) is 3. The van der Waals surface area contributed by atoms with Crippen LogP contribution in [0.4, 0.5) is 0 Å². The van der Waals surface area contributed by atoms with Crippen LogP contribution >= 0.6 is 11.6 Å². The number of ketones is 1. The molecule has 1 N–H and O–H groups in total. The first-order valence-corrected chi connectivity index (χ1v) is 10.7. The maximum absolute atomic E-state index is 13.1. The Hall–Kier alpha value is -2.66. The number of benzene rings is 2. The second-order valence-corrected chi connectivity index (χ2v) is 8.47. The van der Waals surface area contributed by atoms with Gasteiger partial charge in [0.05, 0.1) is 0 Å². The van der Waals surface area contributed by atoms with E-state index in [-0.39, 0.29) is 29.4 Å². The standard InChI is InChI=1S/C24H27ClN2O3/c1-16(2)21(26-23(29)19-8-10-20(25)11-9-19)24(30)27-14-12-18(13-15-27)22(28)17-6-4-3-5-7-17/h3-11,16,18,21H,12-15H2,1-2H3,(H,26,29)/t21-/m1/s1. The van der Waals surface area contributed by atoms with Crippen molar-refractivity contribution in [3.8, 4) is 0 Å². The monoisotopic (exact) mass is 426 g/mol. The van der Waals surface area contributed by atoms with Crippen LogP contribution in [0, 0.1) is 11.8 Å². The van der Waals surface area contributed by atoms with Gasteiger partial charge in [-0.1, -0.05) is 55.8 Å². The van der Waals surface area contributed by atoms with Crippen molar-refractivity contribution in [3.63, 3.8) is 0 Å². The van der Waals surface area contributed by atoms with E-state index in [2.05, 4.69) is 5.32 Å². The predicted octanol–water partition coefficient (Wildman–Crippen LogP) is 4.22. The predicted molar refractivity (Wildman–Crippen MR) is 118 cm³/mol. The second-order valence-electron chi connectivity index (χ2n) is 8.03. The van der Waals surface area contributed by atoms with Crippen LogP contribution in [0.2, 0.25) is 5.02 Å². The fourth-order valence-corrected chi connectivity index (χ4v) is 3.86. The maximum atomic E-state index is 13.1. The summed E-state index contributed by atoms with van der Waals surface area (Å²) in [6, 6.07) is 15.2. The highest BCUT2D eigenvalue weighted by Crippen LogP contribution is 2.23. The fraction of sp³-hybridized carbons (Fsp3) is 0.375. The van der Waals surface area contributed by atoms with Gasteiger partial charge in [-0.2, -0.15) is 0 Å². The third-order valence-corrected chi connectivity index (χ3v) is 5.81. The van der Waals surface area contributed by atoms with Gasteiger partial charge in [-0.15, -0.1) is 0 Å². The summed E-state index contributed by atoms with van der Waals surface area (Å²) >= 11 is 5.88. The summed E-state index contributed by atoms with van der Waals surface area (Å²) in [5.41, 5.74) is 1.18. The van der Waals surface area contributed by atoms with Gasteiger partial charge in [0.25, 0.3) is 5.91 Å². The van der Waals surface area contributed by atoms with Crippen LogP contribution < -0.4 is 5.32 Å². The van der Waals surface area contributed by atoms with Gasteiger partial charge in [-0.05, 0) is 43.0 Å². The van der Waals surface area contributed by atoms with E-state index in [4.69, 9.17) is 11.6 Å². The summed E-state index contributed by atoms with van der Waals surface area (Å²) in [6.45, 7) is 4.86. The lowest BCUT2D eigenvalue weighted by Crippen LogP contribution is -2.53. The van der Waals surface area contributed by atoms with Crippen molar-refractivity contribution in [1.82, 2.24) is 10.2 Å². The Morgan fingerprint density at radius 1 is 0.933 bits per heavy atom. The Balaban J connectivity index is 1.60. The maximum Gasteiger partial charge on any atom is 0.251 e. The van der Waals surface area contributed by atoms with E-state index in [1.54, 1.807) is 29.2 Å². The molecule has 0 saturated carbocycles. The Morgan fingerprint density at radius 2 is 1.53 bits per heavy atom. The van der Waals surface area contributed by atoms with Crippen LogP contribution in [0.3, 0.4) is 0 Å². The molecule has 6 heteroatoms. The molecule has 2 amide bonds. The van der Waals surface area contributed by atoms with E-state index in [1.165, 1.54) is 0 Å². The van der Waals surface area contributed by atoms with Crippen LogP contribution in [0.25, 0.3) is 0 Å². The van der Waals surface area contributed by atoms with E-state index >= 15 is 0 Å². The number of Topliss-reactive ketones (excluding diaryl/α,β-unsaturated/α-hetero) is 1. The fourth-order valence-electron chi connectivity index (χ4n) is 3.74. The minimum Gasteiger partial charge on any atom is -0.341 e. The Morgan fingerprint density at radius 3 is 2.10 bits per heavy atom. The zero-order valence-corrected chi connectivity index (χ0v) is 18.1. The topological polar surface area (TPSA) is 66.5 Å².